The largest absolute Gasteiger partial charge is 0.467 e. The molecule has 4 rings (SSSR count). The number of esters is 1. The summed E-state index contributed by atoms with van der Waals surface area (Å²) in [5.74, 6) is -0.414. The predicted molar refractivity (Wildman–Crippen MR) is 102 cm³/mol. The molecule has 3 nitrogen and oxygen atoms in total. The Hall–Kier alpha value is -2.62. The van der Waals surface area contributed by atoms with Gasteiger partial charge in [-0.2, -0.15) is 0 Å². The maximum absolute atomic E-state index is 12.3. The number of carbonyl (C=O) groups is 1. The molecule has 0 aromatic heterocycles. The minimum absolute atomic E-state index is 0.312. The summed E-state index contributed by atoms with van der Waals surface area (Å²) >= 11 is 6.26. The minimum atomic E-state index is -0.775. The van der Waals surface area contributed by atoms with Crippen molar-refractivity contribution in [3.05, 3.63) is 82.9 Å². The lowest BCUT2D eigenvalue weighted by Gasteiger charge is -2.15. The number of carbonyl (C=O) groups excluding carboxylic acids is 1. The van der Waals surface area contributed by atoms with Crippen molar-refractivity contribution in [2.45, 2.75) is 12.7 Å². The summed E-state index contributed by atoms with van der Waals surface area (Å²) in [6, 6.07) is 21.8. The van der Waals surface area contributed by atoms with Crippen LogP contribution in [0.25, 0.3) is 22.3 Å². The number of halogens is 1. The summed E-state index contributed by atoms with van der Waals surface area (Å²) in [5, 5.41) is 0.616. The van der Waals surface area contributed by atoms with E-state index in [1.807, 2.05) is 42.5 Å². The average Bonchev–Trinajstić information content (AvgIpc) is 2.85. The highest BCUT2D eigenvalue weighted by Gasteiger charge is 2.30. The van der Waals surface area contributed by atoms with Gasteiger partial charge in [0.1, 0.15) is 0 Å². The third-order valence-corrected chi connectivity index (χ3v) is 4.89. The van der Waals surface area contributed by atoms with Gasteiger partial charge in [-0.1, -0.05) is 66.2 Å². The molecular formula is C22H17ClO3. The van der Waals surface area contributed by atoms with Crippen molar-refractivity contribution in [2.24, 2.45) is 0 Å². The molecule has 130 valence electrons. The van der Waals surface area contributed by atoms with Crippen molar-refractivity contribution in [3.63, 3.8) is 0 Å². The molecule has 0 saturated heterocycles. The Kier molecular flexibility index (Phi) is 4.49. The fraction of sp³-hybridized carbons (Fsp3) is 0.136. The zero-order chi connectivity index (χ0) is 18.1. The van der Waals surface area contributed by atoms with Gasteiger partial charge in [0.25, 0.3) is 0 Å². The van der Waals surface area contributed by atoms with Crippen molar-refractivity contribution >= 4 is 17.6 Å². The first-order chi connectivity index (χ1) is 12.7. The molecular weight excluding hydrogens is 348 g/mol. The zero-order valence-electron chi connectivity index (χ0n) is 14.2. The molecule has 26 heavy (non-hydrogen) atoms. The number of methoxy groups -OCH3 is 1. The maximum Gasteiger partial charge on any atom is 0.339 e. The normalized spacial score (nSPS) is 15.5. The summed E-state index contributed by atoms with van der Waals surface area (Å²) in [6.07, 6.45) is -0.775. The maximum atomic E-state index is 12.3. The Morgan fingerprint density at radius 3 is 2.54 bits per heavy atom. The first-order valence-electron chi connectivity index (χ1n) is 8.35. The molecule has 0 aliphatic carbocycles. The molecule has 0 fully saturated rings. The predicted octanol–water partition coefficient (Wildman–Crippen LogP) is 5.42. The Morgan fingerprint density at radius 1 is 1.00 bits per heavy atom. The SMILES string of the molecule is COC(=O)C1OCc2c(-c3ccccc3)cccc2-c2cc(Cl)ccc21. The van der Waals surface area contributed by atoms with Crippen molar-refractivity contribution in [1.29, 1.82) is 0 Å². The van der Waals surface area contributed by atoms with Crippen LogP contribution in [-0.4, -0.2) is 13.1 Å². The van der Waals surface area contributed by atoms with E-state index in [2.05, 4.69) is 18.2 Å². The van der Waals surface area contributed by atoms with Crippen molar-refractivity contribution < 1.29 is 14.3 Å². The number of fused-ring (bicyclic) bond motifs is 3. The highest BCUT2D eigenvalue weighted by molar-refractivity contribution is 6.31. The molecule has 1 aliphatic rings. The number of hydrogen-bond donors (Lipinski definition) is 0. The number of rotatable bonds is 2. The summed E-state index contributed by atoms with van der Waals surface area (Å²) in [5.41, 5.74) is 5.92. The van der Waals surface area contributed by atoms with E-state index in [0.717, 1.165) is 33.4 Å². The molecule has 0 N–H and O–H groups in total. The standard InChI is InChI=1S/C22H17ClO3/c1-25-22(24)21-18-11-10-15(23)12-19(18)17-9-5-8-16(20(17)13-26-21)14-6-3-2-4-7-14/h2-12,21H,13H2,1H3. The summed E-state index contributed by atoms with van der Waals surface area (Å²) in [4.78, 5) is 12.3. The molecule has 1 heterocycles. The van der Waals surface area contributed by atoms with Gasteiger partial charge in [0.2, 0.25) is 0 Å². The van der Waals surface area contributed by atoms with Crippen LogP contribution in [0, 0.1) is 0 Å². The lowest BCUT2D eigenvalue weighted by molar-refractivity contribution is -0.155. The molecule has 3 aromatic carbocycles. The van der Waals surface area contributed by atoms with Crippen LogP contribution in [0.15, 0.2) is 66.7 Å². The highest BCUT2D eigenvalue weighted by atomic mass is 35.5. The van der Waals surface area contributed by atoms with E-state index in [0.29, 0.717) is 11.6 Å². The molecule has 0 saturated carbocycles. The number of benzene rings is 3. The van der Waals surface area contributed by atoms with Crippen molar-refractivity contribution in [1.82, 2.24) is 0 Å². The van der Waals surface area contributed by atoms with Crippen LogP contribution in [0.5, 0.6) is 0 Å². The summed E-state index contributed by atoms with van der Waals surface area (Å²) < 4.78 is 10.9. The first-order valence-corrected chi connectivity index (χ1v) is 8.73. The second-order valence-corrected chi connectivity index (χ2v) is 6.58. The fourth-order valence-corrected chi connectivity index (χ4v) is 3.60. The lowest BCUT2D eigenvalue weighted by atomic mass is 9.90. The summed E-state index contributed by atoms with van der Waals surface area (Å²) in [6.45, 7) is 0.312. The molecule has 3 aromatic rings. The third-order valence-electron chi connectivity index (χ3n) is 4.66. The Balaban J connectivity index is 1.95. The molecule has 0 amide bonds. The fourth-order valence-electron chi connectivity index (χ4n) is 3.43. The molecule has 1 atom stereocenters. The molecule has 4 heteroatoms. The van der Waals surface area contributed by atoms with Crippen LogP contribution in [0.4, 0.5) is 0 Å². The van der Waals surface area contributed by atoms with E-state index in [1.54, 1.807) is 6.07 Å². The van der Waals surface area contributed by atoms with Crippen LogP contribution in [-0.2, 0) is 20.9 Å². The Morgan fingerprint density at radius 2 is 1.77 bits per heavy atom. The third kappa shape index (κ3) is 2.90. The van der Waals surface area contributed by atoms with Gasteiger partial charge in [-0.15, -0.1) is 0 Å². The monoisotopic (exact) mass is 364 g/mol. The Bertz CT molecular complexity index is 966. The van der Waals surface area contributed by atoms with E-state index < -0.39 is 12.1 Å². The van der Waals surface area contributed by atoms with E-state index >= 15 is 0 Å². The van der Waals surface area contributed by atoms with Crippen LogP contribution in [0.2, 0.25) is 5.02 Å². The molecule has 1 aliphatic heterocycles. The van der Waals surface area contributed by atoms with Gasteiger partial charge in [-0.05, 0) is 45.5 Å². The molecule has 0 spiro atoms. The first kappa shape index (κ1) is 16.8. The zero-order valence-corrected chi connectivity index (χ0v) is 15.0. The van der Waals surface area contributed by atoms with Crippen LogP contribution in [0.3, 0.4) is 0 Å². The molecule has 0 bridgehead atoms. The van der Waals surface area contributed by atoms with E-state index in [1.165, 1.54) is 7.11 Å². The topological polar surface area (TPSA) is 35.5 Å². The van der Waals surface area contributed by atoms with Gasteiger partial charge in [-0.25, -0.2) is 4.79 Å². The summed E-state index contributed by atoms with van der Waals surface area (Å²) in [7, 11) is 1.37. The van der Waals surface area contributed by atoms with E-state index in [9.17, 15) is 4.79 Å². The van der Waals surface area contributed by atoms with E-state index in [-0.39, 0.29) is 0 Å². The van der Waals surface area contributed by atoms with Gasteiger partial charge in [0.15, 0.2) is 6.10 Å². The molecule has 0 radical (unpaired) electrons. The van der Waals surface area contributed by atoms with Crippen LogP contribution < -0.4 is 0 Å². The Labute approximate surface area is 157 Å². The van der Waals surface area contributed by atoms with Crippen molar-refractivity contribution in [3.8, 4) is 22.3 Å². The highest BCUT2D eigenvalue weighted by Crippen LogP contribution is 2.42. The van der Waals surface area contributed by atoms with Gasteiger partial charge >= 0.3 is 5.97 Å². The minimum Gasteiger partial charge on any atom is -0.467 e. The van der Waals surface area contributed by atoms with Crippen molar-refractivity contribution in [2.75, 3.05) is 7.11 Å². The van der Waals surface area contributed by atoms with Gasteiger partial charge in [0, 0.05) is 5.02 Å². The number of ether oxygens (including phenoxy) is 2. The second kappa shape index (κ2) is 6.94. The van der Waals surface area contributed by atoms with Crippen LogP contribution in [0.1, 0.15) is 17.2 Å². The van der Waals surface area contributed by atoms with Gasteiger partial charge < -0.3 is 9.47 Å². The van der Waals surface area contributed by atoms with Crippen LogP contribution >= 0.6 is 11.6 Å². The van der Waals surface area contributed by atoms with Gasteiger partial charge in [0.05, 0.1) is 13.7 Å². The number of hydrogen-bond acceptors (Lipinski definition) is 3. The van der Waals surface area contributed by atoms with E-state index in [4.69, 9.17) is 21.1 Å². The second-order valence-electron chi connectivity index (χ2n) is 6.14. The average molecular weight is 365 g/mol. The quantitative estimate of drug-likeness (QED) is 0.570. The molecule has 1 unspecified atom stereocenters. The smallest absolute Gasteiger partial charge is 0.339 e. The lowest BCUT2D eigenvalue weighted by Crippen LogP contribution is -2.17. The van der Waals surface area contributed by atoms with Gasteiger partial charge in [-0.3, -0.25) is 0 Å².